The van der Waals surface area contributed by atoms with E-state index in [1.54, 1.807) is 17.8 Å². The van der Waals surface area contributed by atoms with Crippen LogP contribution in [0.15, 0.2) is 18.2 Å². The first kappa shape index (κ1) is 21.1. The molecule has 0 N–H and O–H groups in total. The van der Waals surface area contributed by atoms with Gasteiger partial charge in [0, 0.05) is 51.1 Å². The van der Waals surface area contributed by atoms with E-state index >= 15 is 0 Å². The minimum atomic E-state index is -0.370. The highest BCUT2D eigenvalue weighted by Crippen LogP contribution is 2.28. The van der Waals surface area contributed by atoms with Crippen molar-refractivity contribution in [1.82, 2.24) is 19.6 Å². The summed E-state index contributed by atoms with van der Waals surface area (Å²) < 4.78 is 15.0. The molecule has 0 saturated carbocycles. The topological polar surface area (TPSA) is 61.7 Å². The Labute approximate surface area is 180 Å². The smallest absolute Gasteiger partial charge is 0.244 e. The first-order chi connectivity index (χ1) is 14.4. The van der Waals surface area contributed by atoms with Crippen molar-refractivity contribution in [2.45, 2.75) is 31.9 Å². The Morgan fingerprint density at radius 1 is 1.20 bits per heavy atom. The maximum Gasteiger partial charge on any atom is 0.244 e. The summed E-state index contributed by atoms with van der Waals surface area (Å²) in [5.74, 6) is 1.25. The van der Waals surface area contributed by atoms with Crippen molar-refractivity contribution in [1.29, 1.82) is 0 Å². The average molecular weight is 434 g/mol. The highest BCUT2D eigenvalue weighted by Gasteiger charge is 2.28. The molecule has 2 saturated heterocycles. The second kappa shape index (κ2) is 8.93. The van der Waals surface area contributed by atoms with Gasteiger partial charge in [0.2, 0.25) is 11.8 Å². The van der Waals surface area contributed by atoms with E-state index < -0.39 is 0 Å². The maximum atomic E-state index is 13.7. The van der Waals surface area contributed by atoms with E-state index in [0.29, 0.717) is 5.52 Å². The van der Waals surface area contributed by atoms with E-state index in [9.17, 15) is 14.0 Å². The summed E-state index contributed by atoms with van der Waals surface area (Å²) in [6.07, 6.45) is 2.10. The van der Waals surface area contributed by atoms with Crippen LogP contribution in [0.25, 0.3) is 10.9 Å². The van der Waals surface area contributed by atoms with Gasteiger partial charge in [-0.25, -0.2) is 4.39 Å². The Balaban J connectivity index is 1.30. The van der Waals surface area contributed by atoms with Gasteiger partial charge in [0.15, 0.2) is 5.82 Å². The van der Waals surface area contributed by atoms with Gasteiger partial charge in [-0.1, -0.05) is 0 Å². The van der Waals surface area contributed by atoms with Crippen molar-refractivity contribution in [3.8, 4) is 0 Å². The van der Waals surface area contributed by atoms with Crippen molar-refractivity contribution in [3.63, 3.8) is 0 Å². The van der Waals surface area contributed by atoms with Gasteiger partial charge in [0.25, 0.3) is 0 Å². The van der Waals surface area contributed by atoms with Crippen LogP contribution in [0, 0.1) is 5.82 Å². The standard InChI is InChI=1S/C21H28FN5O2S/c1-15-21(29)26(14-30-15)8-4-3-7-24-9-11-25(12-10-24)20-18-6-5-17(22)13-19(18)27(23-20)16(2)28/h5-6,13,15H,3-4,7-12,14H2,1-2H3. The molecule has 2 aliphatic rings. The molecule has 1 aromatic heterocycles. The average Bonchev–Trinajstić information content (AvgIpc) is 3.26. The largest absolute Gasteiger partial charge is 0.352 e. The fourth-order valence-corrected chi connectivity index (χ4v) is 5.09. The molecule has 2 aliphatic heterocycles. The summed E-state index contributed by atoms with van der Waals surface area (Å²) in [5, 5.41) is 5.40. The van der Waals surface area contributed by atoms with Crippen LogP contribution in [0.3, 0.4) is 0 Å². The normalized spacial score (nSPS) is 20.5. The third-order valence-electron chi connectivity index (χ3n) is 5.89. The Morgan fingerprint density at radius 2 is 1.93 bits per heavy atom. The molecule has 1 unspecified atom stereocenters. The highest BCUT2D eigenvalue weighted by molar-refractivity contribution is 8.01. The van der Waals surface area contributed by atoms with Crippen LogP contribution in [0.2, 0.25) is 0 Å². The van der Waals surface area contributed by atoms with Gasteiger partial charge >= 0.3 is 0 Å². The summed E-state index contributed by atoms with van der Waals surface area (Å²) in [5.41, 5.74) is 0.517. The number of hydrogen-bond acceptors (Lipinski definition) is 6. The Morgan fingerprint density at radius 3 is 2.60 bits per heavy atom. The predicted molar refractivity (Wildman–Crippen MR) is 118 cm³/mol. The molecule has 162 valence electrons. The zero-order chi connectivity index (χ0) is 21.3. The number of piperazine rings is 1. The van der Waals surface area contributed by atoms with Gasteiger partial charge in [-0.2, -0.15) is 4.68 Å². The van der Waals surface area contributed by atoms with E-state index in [1.807, 2.05) is 11.8 Å². The summed E-state index contributed by atoms with van der Waals surface area (Å²) >= 11 is 1.71. The Bertz CT molecular complexity index is 941. The van der Waals surface area contributed by atoms with E-state index in [4.69, 9.17) is 0 Å². The number of benzene rings is 1. The van der Waals surface area contributed by atoms with Crippen LogP contribution in [0.1, 0.15) is 31.5 Å². The molecule has 0 bridgehead atoms. The predicted octanol–water partition coefficient (Wildman–Crippen LogP) is 2.66. The molecule has 7 nitrogen and oxygen atoms in total. The molecule has 4 rings (SSSR count). The molecule has 0 radical (unpaired) electrons. The second-order valence-corrected chi connectivity index (χ2v) is 9.29. The van der Waals surface area contributed by atoms with E-state index in [-0.39, 0.29) is 22.9 Å². The zero-order valence-electron chi connectivity index (χ0n) is 17.5. The lowest BCUT2D eigenvalue weighted by molar-refractivity contribution is -0.128. The molecule has 2 fully saturated rings. The first-order valence-corrected chi connectivity index (χ1v) is 11.6. The number of unbranched alkanes of at least 4 members (excludes halogenated alkanes) is 1. The molecule has 1 atom stereocenters. The quantitative estimate of drug-likeness (QED) is 0.653. The van der Waals surface area contributed by atoms with E-state index in [2.05, 4.69) is 14.9 Å². The molecule has 0 aliphatic carbocycles. The number of amides is 1. The maximum absolute atomic E-state index is 13.7. The number of fused-ring (bicyclic) bond motifs is 1. The summed E-state index contributed by atoms with van der Waals surface area (Å²) in [7, 11) is 0. The Kier molecular flexibility index (Phi) is 6.29. The number of carbonyl (C=O) groups excluding carboxylic acids is 2. The molecule has 1 aromatic carbocycles. The van der Waals surface area contributed by atoms with E-state index in [0.717, 1.165) is 69.2 Å². The number of thioether (sulfide) groups is 1. The minimum absolute atomic E-state index is 0.108. The first-order valence-electron chi connectivity index (χ1n) is 10.5. The SMILES string of the molecule is CC(=O)n1nc(N2CCN(CCCCN3CSC(C)C3=O)CC2)c2ccc(F)cc21. The number of hydrogen-bond donors (Lipinski definition) is 0. The van der Waals surface area contributed by atoms with Crippen LogP contribution in [0.4, 0.5) is 10.2 Å². The van der Waals surface area contributed by atoms with Crippen molar-refractivity contribution in [2.24, 2.45) is 0 Å². The van der Waals surface area contributed by atoms with Gasteiger partial charge < -0.3 is 9.80 Å². The molecule has 9 heteroatoms. The number of halogens is 1. The molecular formula is C21H28FN5O2S. The van der Waals surface area contributed by atoms with Gasteiger partial charge in [-0.3, -0.25) is 14.5 Å². The van der Waals surface area contributed by atoms with Crippen molar-refractivity contribution in [3.05, 3.63) is 24.0 Å². The monoisotopic (exact) mass is 433 g/mol. The Hall–Kier alpha value is -2.13. The van der Waals surface area contributed by atoms with Crippen LogP contribution < -0.4 is 4.90 Å². The number of nitrogens with zero attached hydrogens (tertiary/aromatic N) is 5. The van der Waals surface area contributed by atoms with Gasteiger partial charge in [-0.05, 0) is 38.4 Å². The minimum Gasteiger partial charge on any atom is -0.352 e. The van der Waals surface area contributed by atoms with Crippen molar-refractivity contribution >= 4 is 40.3 Å². The van der Waals surface area contributed by atoms with Gasteiger partial charge in [0.1, 0.15) is 5.82 Å². The number of aromatic nitrogens is 2. The summed E-state index contributed by atoms with van der Waals surface area (Å²) in [6.45, 7) is 8.77. The number of anilines is 1. The molecule has 3 heterocycles. The van der Waals surface area contributed by atoms with Gasteiger partial charge in [-0.15, -0.1) is 16.9 Å². The van der Waals surface area contributed by atoms with Gasteiger partial charge in [0.05, 0.1) is 16.6 Å². The zero-order valence-corrected chi connectivity index (χ0v) is 18.3. The van der Waals surface area contributed by atoms with Crippen LogP contribution in [-0.2, 0) is 4.79 Å². The second-order valence-electron chi connectivity index (χ2n) is 7.99. The van der Waals surface area contributed by atoms with Crippen molar-refractivity contribution in [2.75, 3.05) is 50.0 Å². The van der Waals surface area contributed by atoms with Crippen LogP contribution in [-0.4, -0.2) is 81.8 Å². The summed E-state index contributed by atoms with van der Waals surface area (Å²) in [4.78, 5) is 30.5. The molecule has 2 aromatic rings. The third-order valence-corrected chi connectivity index (χ3v) is 7.05. The lowest BCUT2D eigenvalue weighted by Crippen LogP contribution is -2.47. The highest BCUT2D eigenvalue weighted by atomic mass is 32.2. The molecular weight excluding hydrogens is 405 g/mol. The molecule has 1 amide bonds. The van der Waals surface area contributed by atoms with Crippen LogP contribution >= 0.6 is 11.8 Å². The third kappa shape index (κ3) is 4.32. The summed E-state index contributed by atoms with van der Waals surface area (Å²) in [6, 6.07) is 4.49. The fraction of sp³-hybridized carbons (Fsp3) is 0.571. The van der Waals surface area contributed by atoms with Crippen molar-refractivity contribution < 1.29 is 14.0 Å². The van der Waals surface area contributed by atoms with E-state index in [1.165, 1.54) is 23.7 Å². The molecule has 0 spiro atoms. The lowest BCUT2D eigenvalue weighted by atomic mass is 10.2. The number of carbonyl (C=O) groups is 2. The lowest BCUT2D eigenvalue weighted by Gasteiger charge is -2.35. The van der Waals surface area contributed by atoms with Crippen LogP contribution in [0.5, 0.6) is 0 Å². The fourth-order valence-electron chi connectivity index (χ4n) is 4.14. The molecule has 30 heavy (non-hydrogen) atoms. The number of rotatable bonds is 6.